The Morgan fingerprint density at radius 1 is 1.18 bits per heavy atom. The van der Waals surface area contributed by atoms with Crippen LogP contribution in [0.2, 0.25) is 0 Å². The zero-order chi connectivity index (χ0) is 11.8. The van der Waals surface area contributed by atoms with Crippen molar-refractivity contribution >= 4 is 11.2 Å². The molecule has 0 aromatic carbocycles. The quantitative estimate of drug-likeness (QED) is 0.696. The maximum absolute atomic E-state index is 13.1. The molecule has 0 bridgehead atoms. The molecule has 3 heterocycles. The fraction of sp³-hybridized carbons (Fsp3) is 0.0833. The molecule has 0 radical (unpaired) electrons. The summed E-state index contributed by atoms with van der Waals surface area (Å²) in [5.74, 6) is 0.192. The highest BCUT2D eigenvalue weighted by molar-refractivity contribution is 5.75. The first-order chi connectivity index (χ1) is 8.22. The van der Waals surface area contributed by atoms with Crippen molar-refractivity contribution in [3.05, 3.63) is 42.1 Å². The molecule has 0 amide bonds. The molecule has 0 aliphatic rings. The van der Waals surface area contributed by atoms with Gasteiger partial charge in [-0.15, -0.1) is 0 Å². The van der Waals surface area contributed by atoms with Crippen LogP contribution in [0.25, 0.3) is 22.6 Å². The molecule has 17 heavy (non-hydrogen) atoms. The first kappa shape index (κ1) is 9.89. The van der Waals surface area contributed by atoms with Gasteiger partial charge in [0.1, 0.15) is 11.6 Å². The molecule has 0 saturated carbocycles. The van der Waals surface area contributed by atoms with Crippen LogP contribution in [-0.4, -0.2) is 19.9 Å². The summed E-state index contributed by atoms with van der Waals surface area (Å²) >= 11 is 0. The minimum atomic E-state index is -0.382. The van der Waals surface area contributed by atoms with Crippen molar-refractivity contribution in [2.45, 2.75) is 6.92 Å². The number of hydrogen-bond donors (Lipinski definition) is 1. The molecule has 3 aromatic rings. The molecule has 3 rings (SSSR count). The molecular weight excluding hydrogens is 219 g/mol. The van der Waals surface area contributed by atoms with Crippen LogP contribution >= 0.6 is 0 Å². The largest absolute Gasteiger partial charge is 0.337 e. The van der Waals surface area contributed by atoms with Crippen LogP contribution in [0.4, 0.5) is 4.39 Å². The summed E-state index contributed by atoms with van der Waals surface area (Å²) in [5, 5.41) is 0. The number of aromatic nitrogens is 4. The van der Waals surface area contributed by atoms with E-state index in [0.29, 0.717) is 17.0 Å². The number of imidazole rings is 1. The maximum atomic E-state index is 13.1. The van der Waals surface area contributed by atoms with Crippen molar-refractivity contribution in [1.82, 2.24) is 19.9 Å². The van der Waals surface area contributed by atoms with Crippen molar-refractivity contribution in [3.63, 3.8) is 0 Å². The zero-order valence-corrected chi connectivity index (χ0v) is 9.11. The van der Waals surface area contributed by atoms with Crippen LogP contribution in [0, 0.1) is 12.7 Å². The van der Waals surface area contributed by atoms with E-state index in [9.17, 15) is 4.39 Å². The lowest BCUT2D eigenvalue weighted by Gasteiger charge is -1.94. The smallest absolute Gasteiger partial charge is 0.178 e. The van der Waals surface area contributed by atoms with Crippen LogP contribution in [-0.2, 0) is 0 Å². The lowest BCUT2D eigenvalue weighted by molar-refractivity contribution is 0.622. The second kappa shape index (κ2) is 3.62. The Bertz CT molecular complexity index is 690. The Hall–Kier alpha value is -2.30. The number of nitrogens with zero attached hydrogens (tertiary/aromatic N) is 3. The Morgan fingerprint density at radius 3 is 2.88 bits per heavy atom. The van der Waals surface area contributed by atoms with Gasteiger partial charge in [-0.1, -0.05) is 0 Å². The van der Waals surface area contributed by atoms with Crippen molar-refractivity contribution < 1.29 is 4.39 Å². The highest BCUT2D eigenvalue weighted by atomic mass is 19.1. The summed E-state index contributed by atoms with van der Waals surface area (Å²) in [5.41, 5.74) is 3.12. The fourth-order valence-corrected chi connectivity index (χ4v) is 1.68. The average Bonchev–Trinajstić information content (AvgIpc) is 2.72. The topological polar surface area (TPSA) is 54.5 Å². The molecule has 0 fully saturated rings. The van der Waals surface area contributed by atoms with E-state index in [1.54, 1.807) is 12.4 Å². The van der Waals surface area contributed by atoms with E-state index in [0.717, 1.165) is 17.3 Å². The summed E-state index contributed by atoms with van der Waals surface area (Å²) in [4.78, 5) is 15.4. The minimum Gasteiger partial charge on any atom is -0.337 e. The second-order valence-corrected chi connectivity index (χ2v) is 3.86. The van der Waals surface area contributed by atoms with Crippen LogP contribution in [0.15, 0.2) is 30.7 Å². The monoisotopic (exact) mass is 228 g/mol. The lowest BCUT2D eigenvalue weighted by atomic mass is 10.3. The summed E-state index contributed by atoms with van der Waals surface area (Å²) in [6, 6.07) is 3.34. The molecule has 3 aromatic heterocycles. The predicted octanol–water partition coefficient (Wildman–Crippen LogP) is 2.47. The Kier molecular flexibility index (Phi) is 2.11. The second-order valence-electron chi connectivity index (χ2n) is 3.86. The van der Waals surface area contributed by atoms with Gasteiger partial charge in [0.2, 0.25) is 0 Å². The van der Waals surface area contributed by atoms with Crippen molar-refractivity contribution in [2.24, 2.45) is 0 Å². The number of aromatic amines is 1. The van der Waals surface area contributed by atoms with Crippen LogP contribution < -0.4 is 0 Å². The molecule has 5 heteroatoms. The Morgan fingerprint density at radius 2 is 2.06 bits per heavy atom. The van der Waals surface area contributed by atoms with Crippen LogP contribution in [0.3, 0.4) is 0 Å². The molecule has 0 unspecified atom stereocenters. The summed E-state index contributed by atoms with van der Waals surface area (Å²) in [6.45, 7) is 1.96. The van der Waals surface area contributed by atoms with E-state index in [4.69, 9.17) is 0 Å². The average molecular weight is 228 g/mol. The molecule has 0 spiro atoms. The van der Waals surface area contributed by atoms with E-state index in [-0.39, 0.29) is 5.82 Å². The van der Waals surface area contributed by atoms with Gasteiger partial charge < -0.3 is 4.98 Å². The third kappa shape index (κ3) is 1.75. The zero-order valence-electron chi connectivity index (χ0n) is 9.11. The van der Waals surface area contributed by atoms with Gasteiger partial charge in [0.25, 0.3) is 0 Å². The van der Waals surface area contributed by atoms with Gasteiger partial charge >= 0.3 is 0 Å². The maximum Gasteiger partial charge on any atom is 0.178 e. The van der Waals surface area contributed by atoms with Gasteiger partial charge in [-0.3, -0.25) is 4.98 Å². The van der Waals surface area contributed by atoms with Gasteiger partial charge in [-0.2, -0.15) is 0 Å². The third-order valence-electron chi connectivity index (χ3n) is 2.45. The van der Waals surface area contributed by atoms with E-state index in [1.807, 2.05) is 13.0 Å². The van der Waals surface area contributed by atoms with E-state index < -0.39 is 0 Å². The standard InChI is InChI=1S/C12H9FN4/c1-7-2-10-12(15-4-7)17-11(16-10)8-3-9(13)6-14-5-8/h2-6H,1H3,(H,15,16,17). The number of nitrogens with one attached hydrogen (secondary N) is 1. The number of hydrogen-bond acceptors (Lipinski definition) is 3. The van der Waals surface area contributed by atoms with Gasteiger partial charge in [0.15, 0.2) is 5.65 Å². The SMILES string of the molecule is Cc1cnc2nc(-c3cncc(F)c3)[nH]c2c1. The number of pyridine rings is 2. The first-order valence-electron chi connectivity index (χ1n) is 5.16. The number of aryl methyl sites for hydroxylation is 1. The predicted molar refractivity (Wildman–Crippen MR) is 61.8 cm³/mol. The van der Waals surface area contributed by atoms with Crippen molar-refractivity contribution in [1.29, 1.82) is 0 Å². The van der Waals surface area contributed by atoms with Crippen molar-refractivity contribution in [2.75, 3.05) is 0 Å². The molecule has 0 aliphatic carbocycles. The summed E-state index contributed by atoms with van der Waals surface area (Å²) in [7, 11) is 0. The van der Waals surface area contributed by atoms with Gasteiger partial charge in [0, 0.05) is 18.0 Å². The number of H-pyrrole nitrogens is 1. The highest BCUT2D eigenvalue weighted by Crippen LogP contribution is 2.19. The van der Waals surface area contributed by atoms with Gasteiger partial charge in [0.05, 0.1) is 11.7 Å². The van der Waals surface area contributed by atoms with E-state index >= 15 is 0 Å². The van der Waals surface area contributed by atoms with Gasteiger partial charge in [-0.25, -0.2) is 14.4 Å². The first-order valence-corrected chi connectivity index (χ1v) is 5.16. The summed E-state index contributed by atoms with van der Waals surface area (Å²) < 4.78 is 13.1. The van der Waals surface area contributed by atoms with E-state index in [1.165, 1.54) is 6.07 Å². The van der Waals surface area contributed by atoms with Crippen molar-refractivity contribution in [3.8, 4) is 11.4 Å². The molecule has 0 atom stereocenters. The fourth-order valence-electron chi connectivity index (χ4n) is 1.68. The molecule has 0 saturated heterocycles. The Balaban J connectivity index is 2.18. The van der Waals surface area contributed by atoms with E-state index in [2.05, 4.69) is 19.9 Å². The molecule has 0 aliphatic heterocycles. The highest BCUT2D eigenvalue weighted by Gasteiger charge is 2.07. The number of fused-ring (bicyclic) bond motifs is 1. The van der Waals surface area contributed by atoms with Crippen LogP contribution in [0.1, 0.15) is 5.56 Å². The molecule has 1 N–H and O–H groups in total. The normalized spacial score (nSPS) is 10.9. The van der Waals surface area contributed by atoms with Crippen LogP contribution in [0.5, 0.6) is 0 Å². The Labute approximate surface area is 96.6 Å². The van der Waals surface area contributed by atoms with Gasteiger partial charge in [-0.05, 0) is 24.6 Å². The number of rotatable bonds is 1. The minimum absolute atomic E-state index is 0.382. The third-order valence-corrected chi connectivity index (χ3v) is 2.45. The lowest BCUT2D eigenvalue weighted by Crippen LogP contribution is -1.84. The molecule has 4 nitrogen and oxygen atoms in total. The molecule has 84 valence electrons. The molecular formula is C12H9FN4. The summed E-state index contributed by atoms with van der Waals surface area (Å²) in [6.07, 6.45) is 4.47. The number of halogens is 1.